The third-order valence-electron chi connectivity index (χ3n) is 3.51. The Hall–Kier alpha value is -1.13. The number of aromatic nitrogens is 1. The van der Waals surface area contributed by atoms with Crippen molar-refractivity contribution < 1.29 is 4.42 Å². The zero-order chi connectivity index (χ0) is 12.5. The molecule has 1 aliphatic rings. The van der Waals surface area contributed by atoms with Gasteiger partial charge in [0.25, 0.3) is 0 Å². The second-order valence-corrected chi connectivity index (χ2v) is 6.21. The number of hydrogen-bond acceptors (Lipinski definition) is 4. The molecule has 18 heavy (non-hydrogen) atoms. The van der Waals surface area contributed by atoms with Crippen molar-refractivity contribution in [2.24, 2.45) is 0 Å². The van der Waals surface area contributed by atoms with Crippen molar-refractivity contribution in [1.82, 2.24) is 10.3 Å². The van der Waals surface area contributed by atoms with Crippen LogP contribution < -0.4 is 5.32 Å². The van der Waals surface area contributed by atoms with E-state index in [1.807, 2.05) is 12.5 Å². The summed E-state index contributed by atoms with van der Waals surface area (Å²) in [6.07, 6.45) is 7.21. The average Bonchev–Trinajstić information content (AvgIpc) is 2.97. The minimum atomic E-state index is 0.301. The molecule has 0 aromatic carbocycles. The number of hydrogen-bond donors (Lipinski definition) is 1. The van der Waals surface area contributed by atoms with Gasteiger partial charge in [-0.2, -0.15) is 0 Å². The predicted molar refractivity (Wildman–Crippen MR) is 72.8 cm³/mol. The van der Waals surface area contributed by atoms with Crippen molar-refractivity contribution in [3.8, 4) is 0 Å². The number of rotatable bonds is 3. The Kier molecular flexibility index (Phi) is 3.22. The Morgan fingerprint density at radius 3 is 3.22 bits per heavy atom. The number of thiazole rings is 1. The summed E-state index contributed by atoms with van der Waals surface area (Å²) in [5, 5.41) is 4.85. The van der Waals surface area contributed by atoms with Gasteiger partial charge in [0, 0.05) is 29.1 Å². The summed E-state index contributed by atoms with van der Waals surface area (Å²) in [6, 6.07) is 2.81. The van der Waals surface area contributed by atoms with Crippen LogP contribution in [-0.4, -0.2) is 4.98 Å². The standard InChI is InChI=1S/C14H18N2OS/c1-9-8-15-14(18-9)10(2)16-12-4-3-5-13-11(12)6-7-17-13/h6-8,10,12,16H,3-5H2,1-2H3. The molecule has 3 nitrogen and oxygen atoms in total. The van der Waals surface area contributed by atoms with E-state index in [0.29, 0.717) is 12.1 Å². The molecule has 4 heteroatoms. The van der Waals surface area contributed by atoms with Gasteiger partial charge in [-0.3, -0.25) is 0 Å². The number of furan rings is 1. The van der Waals surface area contributed by atoms with E-state index >= 15 is 0 Å². The smallest absolute Gasteiger partial charge is 0.109 e. The van der Waals surface area contributed by atoms with Crippen LogP contribution in [-0.2, 0) is 6.42 Å². The van der Waals surface area contributed by atoms with Gasteiger partial charge in [0.15, 0.2) is 0 Å². The maximum absolute atomic E-state index is 5.52. The van der Waals surface area contributed by atoms with Crippen molar-refractivity contribution in [3.63, 3.8) is 0 Å². The Morgan fingerprint density at radius 2 is 2.44 bits per heavy atom. The summed E-state index contributed by atoms with van der Waals surface area (Å²) in [6.45, 7) is 4.29. The highest BCUT2D eigenvalue weighted by Crippen LogP contribution is 2.32. The van der Waals surface area contributed by atoms with Crippen LogP contribution in [0.3, 0.4) is 0 Å². The molecule has 0 aliphatic heterocycles. The fraction of sp³-hybridized carbons (Fsp3) is 0.500. The summed E-state index contributed by atoms with van der Waals surface area (Å²) >= 11 is 1.77. The van der Waals surface area contributed by atoms with E-state index in [9.17, 15) is 0 Å². The Balaban J connectivity index is 1.74. The molecular formula is C14H18N2OS. The second kappa shape index (κ2) is 4.86. The van der Waals surface area contributed by atoms with E-state index in [2.05, 4.69) is 30.2 Å². The fourth-order valence-electron chi connectivity index (χ4n) is 2.60. The lowest BCUT2D eigenvalue weighted by molar-refractivity contribution is 0.385. The van der Waals surface area contributed by atoms with Gasteiger partial charge in [-0.25, -0.2) is 4.98 Å². The largest absolute Gasteiger partial charge is 0.469 e. The topological polar surface area (TPSA) is 38.1 Å². The van der Waals surface area contributed by atoms with Crippen LogP contribution in [0.1, 0.15) is 53.1 Å². The molecule has 1 aliphatic carbocycles. The van der Waals surface area contributed by atoms with Gasteiger partial charge in [0.2, 0.25) is 0 Å². The molecule has 0 fully saturated rings. The van der Waals surface area contributed by atoms with Crippen LogP contribution in [0.2, 0.25) is 0 Å². The van der Waals surface area contributed by atoms with Gasteiger partial charge in [-0.05, 0) is 32.8 Å². The van der Waals surface area contributed by atoms with E-state index < -0.39 is 0 Å². The lowest BCUT2D eigenvalue weighted by atomic mass is 9.93. The van der Waals surface area contributed by atoms with Crippen LogP contribution >= 0.6 is 11.3 Å². The number of aryl methyl sites for hydroxylation is 2. The van der Waals surface area contributed by atoms with Gasteiger partial charge in [0.05, 0.1) is 12.3 Å². The van der Waals surface area contributed by atoms with Gasteiger partial charge in [-0.15, -0.1) is 11.3 Å². The molecule has 0 radical (unpaired) electrons. The molecule has 2 atom stereocenters. The van der Waals surface area contributed by atoms with Gasteiger partial charge in [-0.1, -0.05) is 0 Å². The lowest BCUT2D eigenvalue weighted by Gasteiger charge is -2.25. The van der Waals surface area contributed by atoms with E-state index in [1.165, 1.54) is 28.3 Å². The molecule has 2 unspecified atom stereocenters. The summed E-state index contributed by atoms with van der Waals surface area (Å²) in [7, 11) is 0. The van der Waals surface area contributed by atoms with Gasteiger partial charge in [0.1, 0.15) is 10.8 Å². The minimum absolute atomic E-state index is 0.301. The molecule has 2 aromatic rings. The highest BCUT2D eigenvalue weighted by molar-refractivity contribution is 7.11. The van der Waals surface area contributed by atoms with Gasteiger partial charge < -0.3 is 9.73 Å². The number of nitrogens with zero attached hydrogens (tertiary/aromatic N) is 1. The average molecular weight is 262 g/mol. The maximum atomic E-state index is 5.52. The fourth-order valence-corrected chi connectivity index (χ4v) is 3.39. The quantitative estimate of drug-likeness (QED) is 0.915. The number of fused-ring (bicyclic) bond motifs is 1. The molecule has 0 saturated carbocycles. The molecule has 3 rings (SSSR count). The molecule has 96 valence electrons. The molecule has 2 heterocycles. The first-order chi connectivity index (χ1) is 8.74. The van der Waals surface area contributed by atoms with E-state index in [0.717, 1.165) is 12.2 Å². The van der Waals surface area contributed by atoms with Crippen LogP contribution in [0.5, 0.6) is 0 Å². The first-order valence-corrected chi connectivity index (χ1v) is 7.30. The second-order valence-electron chi connectivity index (χ2n) is 4.94. The van der Waals surface area contributed by atoms with E-state index in [4.69, 9.17) is 4.42 Å². The monoisotopic (exact) mass is 262 g/mol. The first kappa shape index (κ1) is 11.9. The highest BCUT2D eigenvalue weighted by atomic mass is 32.1. The molecule has 0 spiro atoms. The van der Waals surface area contributed by atoms with Crippen molar-refractivity contribution in [1.29, 1.82) is 0 Å². The summed E-state index contributed by atoms with van der Waals surface area (Å²) in [5.41, 5.74) is 1.33. The zero-order valence-electron chi connectivity index (χ0n) is 10.8. The van der Waals surface area contributed by atoms with E-state index in [-0.39, 0.29) is 0 Å². The lowest BCUT2D eigenvalue weighted by Crippen LogP contribution is -2.27. The highest BCUT2D eigenvalue weighted by Gasteiger charge is 2.24. The van der Waals surface area contributed by atoms with E-state index in [1.54, 1.807) is 11.3 Å². The molecule has 0 amide bonds. The van der Waals surface area contributed by atoms with Crippen molar-refractivity contribution in [2.45, 2.75) is 45.2 Å². The Morgan fingerprint density at radius 1 is 1.56 bits per heavy atom. The van der Waals surface area contributed by atoms with Crippen LogP contribution in [0.25, 0.3) is 0 Å². The summed E-state index contributed by atoms with van der Waals surface area (Å²) in [4.78, 5) is 5.73. The normalized spacial score (nSPS) is 20.7. The third-order valence-corrected chi connectivity index (χ3v) is 4.61. The molecular weight excluding hydrogens is 244 g/mol. The molecule has 0 bridgehead atoms. The third kappa shape index (κ3) is 2.22. The first-order valence-electron chi connectivity index (χ1n) is 6.48. The summed E-state index contributed by atoms with van der Waals surface area (Å²) < 4.78 is 5.52. The SMILES string of the molecule is Cc1cnc(C(C)NC2CCCc3occc32)s1. The van der Waals surface area contributed by atoms with Crippen LogP contribution in [0, 0.1) is 6.92 Å². The minimum Gasteiger partial charge on any atom is -0.469 e. The van der Waals surface area contributed by atoms with Crippen molar-refractivity contribution in [2.75, 3.05) is 0 Å². The van der Waals surface area contributed by atoms with Crippen molar-refractivity contribution in [3.05, 3.63) is 39.7 Å². The van der Waals surface area contributed by atoms with Gasteiger partial charge >= 0.3 is 0 Å². The van der Waals surface area contributed by atoms with Crippen LogP contribution in [0.15, 0.2) is 22.9 Å². The predicted octanol–water partition coefficient (Wildman–Crippen LogP) is 3.77. The Labute approximate surface area is 111 Å². The molecule has 1 N–H and O–H groups in total. The number of nitrogens with one attached hydrogen (secondary N) is 1. The molecule has 2 aromatic heterocycles. The Bertz CT molecular complexity index is 531. The summed E-state index contributed by atoms with van der Waals surface area (Å²) in [5.74, 6) is 1.15. The van der Waals surface area contributed by atoms with Crippen molar-refractivity contribution >= 4 is 11.3 Å². The van der Waals surface area contributed by atoms with Crippen LogP contribution in [0.4, 0.5) is 0 Å². The zero-order valence-corrected chi connectivity index (χ0v) is 11.6. The molecule has 0 saturated heterocycles. The maximum Gasteiger partial charge on any atom is 0.109 e.